The molecule has 0 saturated heterocycles. The summed E-state index contributed by atoms with van der Waals surface area (Å²) >= 11 is 6.10. The van der Waals surface area contributed by atoms with Crippen LogP contribution in [0, 0.1) is 11.3 Å². The Morgan fingerprint density at radius 3 is 2.08 bits per heavy atom. The monoisotopic (exact) mass is 202 g/mol. The summed E-state index contributed by atoms with van der Waals surface area (Å²) in [5, 5.41) is 0. The van der Waals surface area contributed by atoms with Crippen molar-refractivity contribution in [2.24, 2.45) is 11.3 Å². The van der Waals surface area contributed by atoms with Gasteiger partial charge in [0.2, 0.25) is 0 Å². The molecule has 0 amide bonds. The van der Waals surface area contributed by atoms with Crippen molar-refractivity contribution in [2.75, 3.05) is 5.88 Å². The minimum absolute atomic E-state index is 0.455. The van der Waals surface area contributed by atoms with E-state index in [1.807, 2.05) is 0 Å². The number of hydrogen-bond donors (Lipinski definition) is 0. The molecule has 0 heterocycles. The van der Waals surface area contributed by atoms with Gasteiger partial charge < -0.3 is 0 Å². The van der Waals surface area contributed by atoms with Crippen molar-refractivity contribution in [1.29, 1.82) is 0 Å². The van der Waals surface area contributed by atoms with E-state index in [1.165, 1.54) is 44.9 Å². The first-order valence-corrected chi connectivity index (χ1v) is 6.35. The van der Waals surface area contributed by atoms with Crippen LogP contribution in [0.1, 0.15) is 58.8 Å². The lowest BCUT2D eigenvalue weighted by atomic mass is 9.76. The molecule has 1 saturated carbocycles. The standard InChI is InChI=1S/C12H23Cl/c1-3-12(4-2,10-13)9-11-7-5-6-8-11/h11H,3-10H2,1-2H3. The molecule has 0 aromatic heterocycles. The zero-order chi connectivity index (χ0) is 9.73. The van der Waals surface area contributed by atoms with Crippen molar-refractivity contribution in [3.8, 4) is 0 Å². The third kappa shape index (κ3) is 2.87. The van der Waals surface area contributed by atoms with Crippen LogP contribution in [0.2, 0.25) is 0 Å². The van der Waals surface area contributed by atoms with Crippen molar-refractivity contribution in [3.63, 3.8) is 0 Å². The molecule has 1 rings (SSSR count). The summed E-state index contributed by atoms with van der Waals surface area (Å²) in [6.07, 6.45) is 9.71. The Morgan fingerprint density at radius 1 is 1.15 bits per heavy atom. The maximum Gasteiger partial charge on any atom is 0.0279 e. The molecule has 13 heavy (non-hydrogen) atoms. The van der Waals surface area contributed by atoms with Crippen LogP contribution in [0.25, 0.3) is 0 Å². The second-order valence-electron chi connectivity index (χ2n) is 4.70. The number of alkyl halides is 1. The van der Waals surface area contributed by atoms with Crippen molar-refractivity contribution in [3.05, 3.63) is 0 Å². The van der Waals surface area contributed by atoms with Gasteiger partial charge in [-0.2, -0.15) is 0 Å². The van der Waals surface area contributed by atoms with E-state index in [0.29, 0.717) is 5.41 Å². The molecule has 0 atom stereocenters. The molecule has 0 N–H and O–H groups in total. The van der Waals surface area contributed by atoms with Gasteiger partial charge >= 0.3 is 0 Å². The molecule has 0 spiro atoms. The molecule has 0 aromatic rings. The third-order valence-corrected chi connectivity index (χ3v) is 4.55. The lowest BCUT2D eigenvalue weighted by Gasteiger charge is -2.32. The zero-order valence-electron chi connectivity index (χ0n) is 9.11. The predicted octanol–water partition coefficient (Wildman–Crippen LogP) is 4.61. The summed E-state index contributed by atoms with van der Waals surface area (Å²) in [4.78, 5) is 0. The molecule has 78 valence electrons. The van der Waals surface area contributed by atoms with Crippen LogP contribution in [-0.2, 0) is 0 Å². The molecular formula is C12H23Cl. The SMILES string of the molecule is CCC(CC)(CCl)CC1CCCC1. The van der Waals surface area contributed by atoms with Gasteiger partial charge in [-0.05, 0) is 30.6 Å². The highest BCUT2D eigenvalue weighted by molar-refractivity contribution is 6.18. The minimum Gasteiger partial charge on any atom is -0.126 e. The Balaban J connectivity index is 2.44. The second kappa shape index (κ2) is 5.24. The van der Waals surface area contributed by atoms with Gasteiger partial charge in [0.05, 0.1) is 0 Å². The van der Waals surface area contributed by atoms with Crippen molar-refractivity contribution in [1.82, 2.24) is 0 Å². The van der Waals surface area contributed by atoms with Crippen molar-refractivity contribution in [2.45, 2.75) is 58.8 Å². The Morgan fingerprint density at radius 2 is 1.69 bits per heavy atom. The van der Waals surface area contributed by atoms with Crippen molar-refractivity contribution >= 4 is 11.6 Å². The minimum atomic E-state index is 0.455. The summed E-state index contributed by atoms with van der Waals surface area (Å²) < 4.78 is 0. The van der Waals surface area contributed by atoms with Gasteiger partial charge in [0, 0.05) is 5.88 Å². The van der Waals surface area contributed by atoms with Gasteiger partial charge in [0.25, 0.3) is 0 Å². The second-order valence-corrected chi connectivity index (χ2v) is 4.96. The molecule has 0 unspecified atom stereocenters. The highest BCUT2D eigenvalue weighted by atomic mass is 35.5. The topological polar surface area (TPSA) is 0 Å². The van der Waals surface area contributed by atoms with E-state index in [4.69, 9.17) is 11.6 Å². The van der Waals surface area contributed by atoms with Gasteiger partial charge in [-0.25, -0.2) is 0 Å². The Labute approximate surface area is 88.1 Å². The smallest absolute Gasteiger partial charge is 0.0279 e. The summed E-state index contributed by atoms with van der Waals surface area (Å²) in [5.41, 5.74) is 0.455. The van der Waals surface area contributed by atoms with E-state index >= 15 is 0 Å². The first-order chi connectivity index (χ1) is 6.26. The molecule has 1 aliphatic rings. The first kappa shape index (κ1) is 11.4. The normalized spacial score (nSPS) is 19.6. The zero-order valence-corrected chi connectivity index (χ0v) is 9.87. The van der Waals surface area contributed by atoms with Crippen LogP contribution in [0.3, 0.4) is 0 Å². The molecule has 1 aliphatic carbocycles. The van der Waals surface area contributed by atoms with Gasteiger partial charge in [-0.3, -0.25) is 0 Å². The van der Waals surface area contributed by atoms with Gasteiger partial charge in [-0.1, -0.05) is 39.5 Å². The number of rotatable bonds is 5. The Kier molecular flexibility index (Phi) is 4.58. The Bertz CT molecular complexity index is 124. The van der Waals surface area contributed by atoms with E-state index in [2.05, 4.69) is 13.8 Å². The Hall–Kier alpha value is 0.290. The molecule has 1 heteroatoms. The van der Waals surface area contributed by atoms with E-state index in [-0.39, 0.29) is 0 Å². The van der Waals surface area contributed by atoms with Crippen molar-refractivity contribution < 1.29 is 0 Å². The first-order valence-electron chi connectivity index (χ1n) is 5.82. The maximum atomic E-state index is 6.10. The van der Waals surface area contributed by atoms with E-state index in [9.17, 15) is 0 Å². The lowest BCUT2D eigenvalue weighted by molar-refractivity contribution is 0.227. The van der Waals surface area contributed by atoms with E-state index < -0.39 is 0 Å². The quantitative estimate of drug-likeness (QED) is 0.571. The molecule has 0 nitrogen and oxygen atoms in total. The van der Waals surface area contributed by atoms with E-state index in [0.717, 1.165) is 11.8 Å². The largest absolute Gasteiger partial charge is 0.126 e. The van der Waals surface area contributed by atoms with Crippen LogP contribution in [-0.4, -0.2) is 5.88 Å². The number of hydrogen-bond acceptors (Lipinski definition) is 0. The molecule has 0 bridgehead atoms. The van der Waals surface area contributed by atoms with Crippen LogP contribution in [0.15, 0.2) is 0 Å². The van der Waals surface area contributed by atoms with Gasteiger partial charge in [0.15, 0.2) is 0 Å². The molecule has 0 radical (unpaired) electrons. The fourth-order valence-electron chi connectivity index (χ4n) is 2.61. The lowest BCUT2D eigenvalue weighted by Crippen LogP contribution is -2.24. The van der Waals surface area contributed by atoms with Crippen LogP contribution in [0.4, 0.5) is 0 Å². The molecule has 0 aromatic carbocycles. The van der Waals surface area contributed by atoms with Crippen LogP contribution < -0.4 is 0 Å². The predicted molar refractivity (Wildman–Crippen MR) is 60.3 cm³/mol. The third-order valence-electron chi connectivity index (χ3n) is 3.98. The van der Waals surface area contributed by atoms with E-state index in [1.54, 1.807) is 0 Å². The summed E-state index contributed by atoms with van der Waals surface area (Å²) in [7, 11) is 0. The highest BCUT2D eigenvalue weighted by Gasteiger charge is 2.29. The fourth-order valence-corrected chi connectivity index (χ4v) is 3.10. The van der Waals surface area contributed by atoms with Gasteiger partial charge in [-0.15, -0.1) is 11.6 Å². The van der Waals surface area contributed by atoms with Crippen LogP contribution >= 0.6 is 11.6 Å². The summed E-state index contributed by atoms with van der Waals surface area (Å²) in [5.74, 6) is 1.84. The van der Waals surface area contributed by atoms with Crippen LogP contribution in [0.5, 0.6) is 0 Å². The summed E-state index contributed by atoms with van der Waals surface area (Å²) in [6, 6.07) is 0. The highest BCUT2D eigenvalue weighted by Crippen LogP contribution is 2.40. The molecule has 1 fully saturated rings. The fraction of sp³-hybridized carbons (Fsp3) is 1.00. The summed E-state index contributed by atoms with van der Waals surface area (Å²) in [6.45, 7) is 4.58. The average molecular weight is 203 g/mol. The maximum absolute atomic E-state index is 6.10. The molecular weight excluding hydrogens is 180 g/mol. The average Bonchev–Trinajstić information content (AvgIpc) is 2.67. The van der Waals surface area contributed by atoms with Gasteiger partial charge in [0.1, 0.15) is 0 Å². The number of halogens is 1. The molecule has 0 aliphatic heterocycles.